The Morgan fingerprint density at radius 3 is 1.01 bits per heavy atom. The molecule has 652 valence electrons. The van der Waals surface area contributed by atoms with Gasteiger partial charge in [0.05, 0.1) is 145 Å². The number of carbonyl (C=O) groups is 8. The number of hydrogen-bond donors (Lipinski definition) is 18. The molecule has 0 aliphatic carbocycles. The number of unbranched alkanes of at least 4 members (excludes halogenated alkanes) is 5. The second-order valence-corrected chi connectivity index (χ2v) is 27.4. The van der Waals surface area contributed by atoms with Crippen LogP contribution in [0.15, 0.2) is 0 Å². The number of nitrogens with one attached hydrogen (secondary N) is 8. The van der Waals surface area contributed by atoms with Crippen LogP contribution in [0.25, 0.3) is 0 Å². The summed E-state index contributed by atoms with van der Waals surface area (Å²) in [6.45, 7) is 2.54. The quantitative estimate of drug-likeness (QED) is 0.0199. The van der Waals surface area contributed by atoms with Gasteiger partial charge in [0.15, 0.2) is 18.9 Å². The van der Waals surface area contributed by atoms with Gasteiger partial charge in [-0.25, -0.2) is 4.57 Å². The van der Waals surface area contributed by atoms with Gasteiger partial charge in [0.25, 0.3) is 0 Å². The molecule has 45 heteroatoms. The van der Waals surface area contributed by atoms with Crippen molar-refractivity contribution in [3.05, 3.63) is 0 Å². The molecule has 44 nitrogen and oxygen atoms in total. The summed E-state index contributed by atoms with van der Waals surface area (Å²) in [4.78, 5) is 111. The molecule has 0 spiro atoms. The molecule has 3 rings (SSSR count). The van der Waals surface area contributed by atoms with Gasteiger partial charge in [-0.05, 0) is 51.4 Å². The van der Waals surface area contributed by atoms with Gasteiger partial charge >= 0.3 is 7.82 Å². The molecule has 18 atom stereocenters. The van der Waals surface area contributed by atoms with Crippen LogP contribution in [-0.2, 0) is 123 Å². The van der Waals surface area contributed by atoms with Crippen LogP contribution < -0.4 is 42.5 Å². The Morgan fingerprint density at radius 2 is 0.670 bits per heavy atom. The lowest BCUT2D eigenvalue weighted by Crippen LogP contribution is -2.64. The minimum Gasteiger partial charge on any atom is -0.394 e. The van der Waals surface area contributed by atoms with E-state index in [-0.39, 0.29) is 171 Å². The van der Waals surface area contributed by atoms with Crippen molar-refractivity contribution in [1.82, 2.24) is 42.5 Å². The summed E-state index contributed by atoms with van der Waals surface area (Å²) in [6.07, 6.45) is -12.1. The first-order valence-corrected chi connectivity index (χ1v) is 38.9. The molecule has 18 N–H and O–H groups in total. The Morgan fingerprint density at radius 1 is 0.366 bits per heavy atom. The molecule has 0 aromatic carbocycles. The molecular weight excluding hydrogens is 1520 g/mol. The lowest BCUT2D eigenvalue weighted by atomic mass is 9.97. The third-order valence-corrected chi connectivity index (χ3v) is 17.8. The van der Waals surface area contributed by atoms with Crippen LogP contribution in [-0.4, -0.2) is 394 Å². The predicted octanol–water partition coefficient (Wildman–Crippen LogP) is -8.00. The smallest absolute Gasteiger partial charge is 0.394 e. The minimum absolute atomic E-state index is 0.0243. The molecule has 3 aliphatic heterocycles. The van der Waals surface area contributed by atoms with E-state index in [0.29, 0.717) is 51.4 Å². The molecule has 0 radical (unpaired) electrons. The van der Waals surface area contributed by atoms with Crippen LogP contribution in [0.3, 0.4) is 0 Å². The second-order valence-electron chi connectivity index (χ2n) is 25.8. The van der Waals surface area contributed by atoms with Gasteiger partial charge in [0, 0.05) is 47.5 Å². The Hall–Kier alpha value is -5.09. The monoisotopic (exact) mass is 1650 g/mol. The Balaban J connectivity index is 1.49. The maximum atomic E-state index is 14.2. The van der Waals surface area contributed by atoms with E-state index < -0.39 is 186 Å². The summed E-state index contributed by atoms with van der Waals surface area (Å²) in [5, 5.41) is 112. The first-order chi connectivity index (χ1) is 53.8. The average molecular weight is 1650 g/mol. The van der Waals surface area contributed by atoms with Crippen LogP contribution in [0.2, 0.25) is 0 Å². The molecular formula is C67H123N8O36P. The van der Waals surface area contributed by atoms with Crippen molar-refractivity contribution in [1.29, 1.82) is 0 Å². The van der Waals surface area contributed by atoms with Crippen LogP contribution in [0.1, 0.15) is 85.0 Å². The Bertz CT molecular complexity index is 2660. The summed E-state index contributed by atoms with van der Waals surface area (Å²) in [7, 11) is -3.09. The van der Waals surface area contributed by atoms with Crippen LogP contribution in [0.4, 0.5) is 0 Å². The molecule has 3 aliphatic rings. The molecule has 3 fully saturated rings. The fourth-order valence-electron chi connectivity index (χ4n) is 11.0. The largest absolute Gasteiger partial charge is 0.471 e. The van der Waals surface area contributed by atoms with E-state index in [4.69, 9.17) is 75.6 Å². The van der Waals surface area contributed by atoms with E-state index in [1.165, 1.54) is 20.8 Å². The van der Waals surface area contributed by atoms with Crippen LogP contribution >= 0.6 is 7.82 Å². The summed E-state index contributed by atoms with van der Waals surface area (Å²) < 4.78 is 104. The molecule has 0 aromatic heterocycles. The number of ether oxygens (including phenoxy) is 15. The van der Waals surface area contributed by atoms with Gasteiger partial charge in [-0.1, -0.05) is 12.8 Å². The number of amides is 8. The zero-order valence-corrected chi connectivity index (χ0v) is 65.1. The van der Waals surface area contributed by atoms with Gasteiger partial charge in [-0.15, -0.1) is 0 Å². The molecule has 112 heavy (non-hydrogen) atoms. The second kappa shape index (κ2) is 60.4. The number of aliphatic hydroxyl groups is 9. The van der Waals surface area contributed by atoms with E-state index in [9.17, 15) is 93.8 Å². The maximum Gasteiger partial charge on any atom is 0.471 e. The number of carbonyl (C=O) groups excluding carboxylic acids is 8. The molecule has 16 unspecified atom stereocenters. The Kier molecular flexibility index (Phi) is 54.5. The highest BCUT2D eigenvalue weighted by molar-refractivity contribution is 7.47. The fourth-order valence-corrected chi connectivity index (χ4v) is 11.5. The van der Waals surface area contributed by atoms with Crippen molar-refractivity contribution < 1.29 is 174 Å². The number of hydrogen-bond acceptors (Lipinski definition) is 35. The third kappa shape index (κ3) is 43.2. The summed E-state index contributed by atoms with van der Waals surface area (Å²) in [5.74, 6) is -4.27. The van der Waals surface area contributed by atoms with Gasteiger partial charge in [0.2, 0.25) is 47.3 Å². The molecule has 3 heterocycles. The van der Waals surface area contributed by atoms with Crippen molar-refractivity contribution in [3.63, 3.8) is 0 Å². The Labute approximate surface area is 650 Å². The van der Waals surface area contributed by atoms with E-state index in [1.54, 1.807) is 0 Å². The standard InChI is InChI=1S/C67H123N8O36P/c1-43(79)71-54-60(88)57(85)48(37-76)109-65(54)105-34-31-99-22-19-96-25-28-102-40-51(82)68-15-10-7-13-46(63(91)70-17-9-5-6-12-18-108-112(93,94)95-4)75-64(92)47(74-53(84)42-104-30-27-98-21-24-101-33-36-107-67-56(73-45(3)81)62(90)59(87)50(39-78)111-67)14-8-11-16-69-52(83)41-103-29-26-97-20-23-100-32-35-106-66-55(72-44(2)80)61(89)58(86)49(38-77)110-66/h46-50,54-62,65-67,76-78,85-90H,5-42H2,1-4H3,(H,68,82)(H,69,83)(H,70,91)(H,71,79)(H,72,80)(H,73,81)(H,74,84)(H,75,92)(H,93,94)/t46-,47-,48?,49?,50?,54?,55?,56?,57?,58?,59?,60?,61?,62?,65?,66?,67?/m0/s1. The first-order valence-electron chi connectivity index (χ1n) is 37.4. The topological polar surface area (TPSA) is 609 Å². The van der Waals surface area contributed by atoms with Gasteiger partial charge in [0.1, 0.15) is 105 Å². The van der Waals surface area contributed by atoms with Crippen LogP contribution in [0.5, 0.6) is 0 Å². The zero-order chi connectivity index (χ0) is 82.5. The van der Waals surface area contributed by atoms with E-state index in [0.717, 1.165) is 7.11 Å². The van der Waals surface area contributed by atoms with Crippen molar-refractivity contribution in [2.24, 2.45) is 0 Å². The van der Waals surface area contributed by atoms with Gasteiger partial charge in [-0.2, -0.15) is 0 Å². The van der Waals surface area contributed by atoms with Gasteiger partial charge in [-0.3, -0.25) is 47.4 Å². The normalized spacial score (nSPS) is 24.9. The van der Waals surface area contributed by atoms with Crippen LogP contribution in [0, 0.1) is 0 Å². The molecule has 0 bridgehead atoms. The summed E-state index contributed by atoms with van der Waals surface area (Å²) in [5.41, 5.74) is 0. The number of phosphoric acid groups is 1. The predicted molar refractivity (Wildman–Crippen MR) is 383 cm³/mol. The third-order valence-electron chi connectivity index (χ3n) is 16.8. The van der Waals surface area contributed by atoms with Crippen molar-refractivity contribution in [2.45, 2.75) is 189 Å². The fraction of sp³-hybridized carbons (Fsp3) is 0.881. The SMILES string of the molecule is COP(=O)(O)OCCCCCCNC(=O)[C@H](CCCCNC(=O)COCCOCCOCCOC1OC(CO)C(O)C(O)C1NC(C)=O)NC(=O)[C@H](CCCCNC(=O)COCCOCCOCCOC1OC(CO)C(O)C(O)C1NC(C)=O)NC(=O)COCCOCCOCCOC1OC(CO)C(O)C(O)C1NC(C)=O. The molecule has 0 aromatic rings. The molecule has 3 saturated heterocycles. The summed E-state index contributed by atoms with van der Waals surface area (Å²) in [6, 6.07) is -5.63. The van der Waals surface area contributed by atoms with Gasteiger partial charge < -0.3 is 164 Å². The van der Waals surface area contributed by atoms with E-state index >= 15 is 0 Å². The van der Waals surface area contributed by atoms with Crippen molar-refractivity contribution in [2.75, 3.05) is 192 Å². The lowest BCUT2D eigenvalue weighted by Gasteiger charge is -2.42. The highest BCUT2D eigenvalue weighted by atomic mass is 31.2. The highest BCUT2D eigenvalue weighted by Gasteiger charge is 2.48. The van der Waals surface area contributed by atoms with E-state index in [1.807, 2.05) is 0 Å². The summed E-state index contributed by atoms with van der Waals surface area (Å²) >= 11 is 0. The first kappa shape index (κ1) is 101. The number of phosphoric ester groups is 1. The average Bonchev–Trinajstić information content (AvgIpc) is 0.821. The maximum absolute atomic E-state index is 14.2. The minimum atomic E-state index is -4.14. The van der Waals surface area contributed by atoms with E-state index in [2.05, 4.69) is 47.1 Å². The molecule has 0 saturated carbocycles. The number of rotatable bonds is 65. The lowest BCUT2D eigenvalue weighted by molar-refractivity contribution is -0.272. The van der Waals surface area contributed by atoms with Crippen molar-refractivity contribution in [3.8, 4) is 0 Å². The van der Waals surface area contributed by atoms with Crippen molar-refractivity contribution >= 4 is 55.1 Å². The number of aliphatic hydroxyl groups excluding tert-OH is 9. The highest BCUT2D eigenvalue weighted by Crippen LogP contribution is 2.42. The zero-order valence-electron chi connectivity index (χ0n) is 64.2. The molecule has 8 amide bonds.